The number of likely N-dealkylation sites (tertiary alicyclic amines) is 1. The van der Waals surface area contributed by atoms with Crippen LogP contribution in [-0.2, 0) is 0 Å². The highest BCUT2D eigenvalue weighted by molar-refractivity contribution is 5.25. The predicted octanol–water partition coefficient (Wildman–Crippen LogP) is 1.78. The van der Waals surface area contributed by atoms with E-state index in [4.69, 9.17) is 0 Å². The zero-order valence-corrected chi connectivity index (χ0v) is 9.48. The molecule has 1 aliphatic rings. The Labute approximate surface area is 91.5 Å². The van der Waals surface area contributed by atoms with E-state index in [0.29, 0.717) is 5.92 Å². The molecule has 1 saturated heterocycles. The average molecular weight is 205 g/mol. The number of hydrogen-bond acceptors (Lipinski definition) is 2. The van der Waals surface area contributed by atoms with E-state index >= 15 is 0 Å². The van der Waals surface area contributed by atoms with Crippen molar-refractivity contribution >= 4 is 0 Å². The predicted molar refractivity (Wildman–Crippen MR) is 62.0 cm³/mol. The summed E-state index contributed by atoms with van der Waals surface area (Å²) in [4.78, 5) is 2.19. The van der Waals surface area contributed by atoms with Crippen LogP contribution in [0.5, 0.6) is 0 Å². The molecule has 1 aromatic rings. The van der Waals surface area contributed by atoms with Crippen molar-refractivity contribution in [1.82, 2.24) is 4.90 Å². The van der Waals surface area contributed by atoms with Crippen LogP contribution < -0.4 is 0 Å². The van der Waals surface area contributed by atoms with Gasteiger partial charge in [0, 0.05) is 12.5 Å². The zero-order valence-electron chi connectivity index (χ0n) is 9.48. The van der Waals surface area contributed by atoms with E-state index in [1.54, 1.807) is 0 Å². The largest absolute Gasteiger partial charge is 0.391 e. The van der Waals surface area contributed by atoms with Crippen molar-refractivity contribution in [2.24, 2.45) is 0 Å². The molecule has 2 unspecified atom stereocenters. The Morgan fingerprint density at radius 3 is 2.53 bits per heavy atom. The molecule has 2 heteroatoms. The van der Waals surface area contributed by atoms with Gasteiger partial charge in [-0.15, -0.1) is 0 Å². The lowest BCUT2D eigenvalue weighted by atomic mass is 9.87. The van der Waals surface area contributed by atoms with Gasteiger partial charge in [-0.3, -0.25) is 0 Å². The summed E-state index contributed by atoms with van der Waals surface area (Å²) in [7, 11) is 2.06. The van der Waals surface area contributed by atoms with Gasteiger partial charge < -0.3 is 10.0 Å². The van der Waals surface area contributed by atoms with E-state index in [1.165, 1.54) is 11.1 Å². The normalized spacial score (nSPS) is 27.9. The highest BCUT2D eigenvalue weighted by atomic mass is 16.3. The number of β-amino-alcohol motifs (C(OH)–C–C–N with tert-alkyl or cyclic N) is 1. The first kappa shape index (κ1) is 10.7. The molecule has 2 nitrogen and oxygen atoms in total. The van der Waals surface area contributed by atoms with Crippen molar-refractivity contribution in [3.63, 3.8) is 0 Å². The Hall–Kier alpha value is -0.860. The van der Waals surface area contributed by atoms with Crippen LogP contribution in [-0.4, -0.2) is 36.2 Å². The molecule has 0 radical (unpaired) electrons. The van der Waals surface area contributed by atoms with Crippen molar-refractivity contribution in [3.8, 4) is 0 Å². The van der Waals surface area contributed by atoms with E-state index in [2.05, 4.69) is 43.1 Å². The second kappa shape index (κ2) is 4.33. The SMILES string of the molecule is Cc1ccc(C2CCN(C)CC2O)cc1. The smallest absolute Gasteiger partial charge is 0.0735 e. The third-order valence-electron chi connectivity index (χ3n) is 3.29. The zero-order chi connectivity index (χ0) is 10.8. The molecule has 15 heavy (non-hydrogen) atoms. The molecular formula is C13H19NO. The maximum Gasteiger partial charge on any atom is 0.0735 e. The van der Waals surface area contributed by atoms with Gasteiger partial charge in [-0.25, -0.2) is 0 Å². The van der Waals surface area contributed by atoms with E-state index in [0.717, 1.165) is 19.5 Å². The van der Waals surface area contributed by atoms with Crippen LogP contribution in [0.15, 0.2) is 24.3 Å². The number of hydrogen-bond donors (Lipinski definition) is 1. The Bertz CT molecular complexity index is 320. The molecule has 0 aromatic heterocycles. The maximum absolute atomic E-state index is 10.0. The molecule has 0 aliphatic carbocycles. The molecule has 1 N–H and O–H groups in total. The second-order valence-electron chi connectivity index (χ2n) is 4.64. The third kappa shape index (κ3) is 2.39. The van der Waals surface area contributed by atoms with Crippen LogP contribution in [0, 0.1) is 6.92 Å². The van der Waals surface area contributed by atoms with Crippen molar-refractivity contribution in [2.45, 2.75) is 25.4 Å². The number of piperidine rings is 1. The van der Waals surface area contributed by atoms with E-state index in [1.807, 2.05) is 0 Å². The average Bonchev–Trinajstić information content (AvgIpc) is 2.20. The van der Waals surface area contributed by atoms with E-state index in [-0.39, 0.29) is 6.10 Å². The number of nitrogens with zero attached hydrogens (tertiary/aromatic N) is 1. The van der Waals surface area contributed by atoms with Crippen LogP contribution in [0.25, 0.3) is 0 Å². The molecule has 1 aliphatic heterocycles. The molecule has 1 aromatic carbocycles. The number of aliphatic hydroxyl groups excluding tert-OH is 1. The summed E-state index contributed by atoms with van der Waals surface area (Å²) in [6, 6.07) is 8.55. The van der Waals surface area contributed by atoms with Crippen LogP contribution in [0.3, 0.4) is 0 Å². The summed E-state index contributed by atoms with van der Waals surface area (Å²) >= 11 is 0. The summed E-state index contributed by atoms with van der Waals surface area (Å²) in [5.74, 6) is 0.321. The third-order valence-corrected chi connectivity index (χ3v) is 3.29. The molecule has 0 bridgehead atoms. The summed E-state index contributed by atoms with van der Waals surface area (Å²) in [6.07, 6.45) is 0.840. The molecule has 0 amide bonds. The van der Waals surface area contributed by atoms with Gasteiger partial charge in [-0.2, -0.15) is 0 Å². The highest BCUT2D eigenvalue weighted by Gasteiger charge is 2.26. The topological polar surface area (TPSA) is 23.5 Å². The fourth-order valence-electron chi connectivity index (χ4n) is 2.29. The number of likely N-dealkylation sites (N-methyl/N-ethyl adjacent to an activating group) is 1. The Balaban J connectivity index is 2.13. The molecule has 2 atom stereocenters. The van der Waals surface area contributed by atoms with Crippen molar-refractivity contribution in [3.05, 3.63) is 35.4 Å². The molecule has 1 fully saturated rings. The lowest BCUT2D eigenvalue weighted by Gasteiger charge is -2.34. The molecule has 0 spiro atoms. The first-order valence-corrected chi connectivity index (χ1v) is 5.60. The van der Waals surface area contributed by atoms with E-state index in [9.17, 15) is 5.11 Å². The Kier molecular flexibility index (Phi) is 3.08. The molecule has 0 saturated carbocycles. The van der Waals surface area contributed by atoms with Gasteiger partial charge in [0.15, 0.2) is 0 Å². The number of aliphatic hydroxyl groups is 1. The number of aryl methyl sites for hydroxylation is 1. The Morgan fingerprint density at radius 2 is 1.93 bits per heavy atom. The summed E-state index contributed by atoms with van der Waals surface area (Å²) in [6.45, 7) is 3.96. The van der Waals surface area contributed by atoms with Gasteiger partial charge >= 0.3 is 0 Å². The minimum absolute atomic E-state index is 0.216. The van der Waals surface area contributed by atoms with Crippen LogP contribution in [0.4, 0.5) is 0 Å². The second-order valence-corrected chi connectivity index (χ2v) is 4.64. The molecule has 82 valence electrons. The van der Waals surface area contributed by atoms with Gasteiger partial charge in [0.05, 0.1) is 6.10 Å². The summed E-state index contributed by atoms with van der Waals surface area (Å²) in [5, 5.41) is 10.0. The minimum atomic E-state index is -0.216. The molecule has 2 rings (SSSR count). The van der Waals surface area contributed by atoms with Crippen molar-refractivity contribution in [2.75, 3.05) is 20.1 Å². The quantitative estimate of drug-likeness (QED) is 0.755. The van der Waals surface area contributed by atoms with Crippen LogP contribution >= 0.6 is 0 Å². The lowest BCUT2D eigenvalue weighted by Crippen LogP contribution is -2.40. The van der Waals surface area contributed by atoms with Gasteiger partial charge in [-0.05, 0) is 32.5 Å². The summed E-state index contributed by atoms with van der Waals surface area (Å²) in [5.41, 5.74) is 2.56. The van der Waals surface area contributed by atoms with Crippen molar-refractivity contribution in [1.29, 1.82) is 0 Å². The van der Waals surface area contributed by atoms with Gasteiger partial charge in [0.1, 0.15) is 0 Å². The van der Waals surface area contributed by atoms with Crippen LogP contribution in [0.2, 0.25) is 0 Å². The lowest BCUT2D eigenvalue weighted by molar-refractivity contribution is 0.0638. The number of benzene rings is 1. The standard InChI is InChI=1S/C13H19NO/c1-10-3-5-11(6-4-10)12-7-8-14(2)9-13(12)15/h3-6,12-13,15H,7-9H2,1-2H3. The van der Waals surface area contributed by atoms with Gasteiger partial charge in [-0.1, -0.05) is 29.8 Å². The highest BCUT2D eigenvalue weighted by Crippen LogP contribution is 2.27. The fourth-order valence-corrected chi connectivity index (χ4v) is 2.29. The maximum atomic E-state index is 10.0. The first-order chi connectivity index (χ1) is 7.16. The Morgan fingerprint density at radius 1 is 1.27 bits per heavy atom. The molecular weight excluding hydrogens is 186 g/mol. The first-order valence-electron chi connectivity index (χ1n) is 5.60. The van der Waals surface area contributed by atoms with Gasteiger partial charge in [0.25, 0.3) is 0 Å². The van der Waals surface area contributed by atoms with E-state index < -0.39 is 0 Å². The van der Waals surface area contributed by atoms with Crippen LogP contribution in [0.1, 0.15) is 23.5 Å². The number of rotatable bonds is 1. The minimum Gasteiger partial charge on any atom is -0.391 e. The fraction of sp³-hybridized carbons (Fsp3) is 0.538. The monoisotopic (exact) mass is 205 g/mol. The molecule has 1 heterocycles. The van der Waals surface area contributed by atoms with Crippen molar-refractivity contribution < 1.29 is 5.11 Å². The summed E-state index contributed by atoms with van der Waals surface area (Å²) < 4.78 is 0. The van der Waals surface area contributed by atoms with Gasteiger partial charge in [0.2, 0.25) is 0 Å².